The van der Waals surface area contributed by atoms with Gasteiger partial charge < -0.3 is 5.32 Å². The van der Waals surface area contributed by atoms with Gasteiger partial charge in [0.15, 0.2) is 0 Å². The van der Waals surface area contributed by atoms with E-state index >= 15 is 0 Å². The van der Waals surface area contributed by atoms with Crippen LogP contribution in [-0.4, -0.2) is 26.3 Å². The van der Waals surface area contributed by atoms with Gasteiger partial charge in [0, 0.05) is 21.5 Å². The van der Waals surface area contributed by atoms with E-state index in [4.69, 9.17) is 11.6 Å². The van der Waals surface area contributed by atoms with Gasteiger partial charge in [-0.2, -0.15) is 9.61 Å². The molecular formula is C21H17ClN4O2S2. The Hall–Kier alpha value is -2.68. The van der Waals surface area contributed by atoms with Gasteiger partial charge in [0.05, 0.1) is 18.0 Å². The molecule has 0 saturated carbocycles. The minimum atomic E-state index is -0.269. The molecule has 0 fully saturated rings. The predicted molar refractivity (Wildman–Crippen MR) is 121 cm³/mol. The van der Waals surface area contributed by atoms with Crippen molar-refractivity contribution in [2.24, 2.45) is 0 Å². The van der Waals surface area contributed by atoms with Gasteiger partial charge in [0.1, 0.15) is 5.01 Å². The Morgan fingerprint density at radius 1 is 1.17 bits per heavy atom. The summed E-state index contributed by atoms with van der Waals surface area (Å²) in [5, 5.41) is 8.56. The van der Waals surface area contributed by atoms with Crippen LogP contribution in [0.25, 0.3) is 15.5 Å². The zero-order chi connectivity index (χ0) is 21.1. The van der Waals surface area contributed by atoms with E-state index in [1.807, 2.05) is 43.3 Å². The van der Waals surface area contributed by atoms with E-state index in [-0.39, 0.29) is 23.8 Å². The van der Waals surface area contributed by atoms with Crippen LogP contribution in [0.3, 0.4) is 0 Å². The molecule has 1 amide bonds. The maximum atomic E-state index is 12.4. The second-order valence-electron chi connectivity index (χ2n) is 6.57. The number of hydrogen-bond donors (Lipinski definition) is 1. The first-order chi connectivity index (χ1) is 14.5. The predicted octanol–water partition coefficient (Wildman–Crippen LogP) is 4.19. The number of halogens is 1. The molecule has 0 bridgehead atoms. The minimum absolute atomic E-state index is 0.137. The third-order valence-corrected chi connectivity index (χ3v) is 6.47. The number of benzene rings is 2. The number of fused-ring (bicyclic) bond motifs is 1. The summed E-state index contributed by atoms with van der Waals surface area (Å²) in [4.78, 5) is 30.5. The van der Waals surface area contributed by atoms with E-state index in [0.717, 1.165) is 21.0 Å². The Morgan fingerprint density at radius 2 is 1.90 bits per heavy atom. The van der Waals surface area contributed by atoms with Crippen molar-refractivity contribution in [3.8, 4) is 10.6 Å². The van der Waals surface area contributed by atoms with Gasteiger partial charge >= 0.3 is 0 Å². The lowest BCUT2D eigenvalue weighted by Gasteiger charge is -2.05. The Bertz CT molecular complexity index is 1250. The van der Waals surface area contributed by atoms with Crippen molar-refractivity contribution in [3.05, 3.63) is 81.2 Å². The molecule has 0 saturated heterocycles. The normalized spacial score (nSPS) is 11.0. The number of carbonyl (C=O) groups excluding carboxylic acids is 1. The SMILES string of the molecule is Cc1ccc(-c2nn3c(=O)cc(CNC(=O)CSc4ccc(Cl)cc4)nc3s2)cc1. The van der Waals surface area contributed by atoms with Crippen LogP contribution in [0.15, 0.2) is 64.3 Å². The van der Waals surface area contributed by atoms with Crippen molar-refractivity contribution in [3.63, 3.8) is 0 Å². The summed E-state index contributed by atoms with van der Waals surface area (Å²) < 4.78 is 1.29. The fourth-order valence-corrected chi connectivity index (χ4v) is 4.46. The number of hydrogen-bond acceptors (Lipinski definition) is 6. The summed E-state index contributed by atoms with van der Waals surface area (Å²) >= 11 is 8.62. The van der Waals surface area contributed by atoms with Gasteiger partial charge in [-0.1, -0.05) is 52.8 Å². The molecule has 2 aromatic heterocycles. The third-order valence-electron chi connectivity index (χ3n) is 4.25. The summed E-state index contributed by atoms with van der Waals surface area (Å²) in [6, 6.07) is 16.6. The quantitative estimate of drug-likeness (QED) is 0.440. The Morgan fingerprint density at radius 3 is 2.63 bits per heavy atom. The summed E-state index contributed by atoms with van der Waals surface area (Å²) in [6.07, 6.45) is 0. The standard InChI is InChI=1S/C21H17ClN4O2S2/c1-13-2-4-14(5-3-13)20-25-26-19(28)10-16(24-21(26)30-20)11-23-18(27)12-29-17-8-6-15(22)7-9-17/h2-10H,11-12H2,1H3,(H,23,27). The van der Waals surface area contributed by atoms with Crippen molar-refractivity contribution >= 4 is 45.6 Å². The second-order valence-corrected chi connectivity index (χ2v) is 9.01. The number of aryl methyl sites for hydroxylation is 1. The van der Waals surface area contributed by atoms with Gasteiger partial charge in [0.2, 0.25) is 10.9 Å². The highest BCUT2D eigenvalue weighted by Gasteiger charge is 2.11. The Kier molecular flexibility index (Phi) is 6.17. The monoisotopic (exact) mass is 456 g/mol. The lowest BCUT2D eigenvalue weighted by Crippen LogP contribution is -2.26. The molecule has 0 unspecified atom stereocenters. The number of nitrogens with one attached hydrogen (secondary N) is 1. The maximum Gasteiger partial charge on any atom is 0.275 e. The average molecular weight is 457 g/mol. The molecule has 0 spiro atoms. The smallest absolute Gasteiger partial charge is 0.275 e. The third kappa shape index (κ3) is 4.89. The second kappa shape index (κ2) is 8.99. The summed E-state index contributed by atoms with van der Waals surface area (Å²) in [5.41, 5.74) is 2.32. The molecule has 0 aliphatic carbocycles. The molecule has 152 valence electrons. The first-order valence-corrected chi connectivity index (χ1v) is 11.3. The highest BCUT2D eigenvalue weighted by Crippen LogP contribution is 2.24. The molecule has 6 nitrogen and oxygen atoms in total. The maximum absolute atomic E-state index is 12.4. The van der Waals surface area contributed by atoms with Gasteiger partial charge in [-0.15, -0.1) is 11.8 Å². The number of rotatable bonds is 6. The molecule has 2 aromatic carbocycles. The number of aromatic nitrogens is 3. The molecule has 0 radical (unpaired) electrons. The first kappa shape index (κ1) is 20.6. The molecule has 4 rings (SSSR count). The highest BCUT2D eigenvalue weighted by molar-refractivity contribution is 8.00. The first-order valence-electron chi connectivity index (χ1n) is 9.10. The largest absolute Gasteiger partial charge is 0.350 e. The average Bonchev–Trinajstić information content (AvgIpc) is 3.17. The Labute approximate surface area is 185 Å². The van der Waals surface area contributed by atoms with Crippen LogP contribution in [0.1, 0.15) is 11.3 Å². The molecule has 9 heteroatoms. The van der Waals surface area contributed by atoms with E-state index in [1.54, 1.807) is 12.1 Å². The number of thioether (sulfide) groups is 1. The molecule has 2 heterocycles. The van der Waals surface area contributed by atoms with Crippen LogP contribution in [0.5, 0.6) is 0 Å². The molecule has 4 aromatic rings. The van der Waals surface area contributed by atoms with Crippen molar-refractivity contribution in [1.29, 1.82) is 0 Å². The zero-order valence-corrected chi connectivity index (χ0v) is 18.4. The summed E-state index contributed by atoms with van der Waals surface area (Å²) in [6.45, 7) is 2.20. The van der Waals surface area contributed by atoms with Crippen LogP contribution in [0.2, 0.25) is 5.02 Å². The van der Waals surface area contributed by atoms with Crippen molar-refractivity contribution in [2.75, 3.05) is 5.75 Å². The van der Waals surface area contributed by atoms with Crippen LogP contribution >= 0.6 is 34.7 Å². The van der Waals surface area contributed by atoms with E-state index in [9.17, 15) is 9.59 Å². The molecule has 0 atom stereocenters. The van der Waals surface area contributed by atoms with E-state index < -0.39 is 0 Å². The highest BCUT2D eigenvalue weighted by atomic mass is 35.5. The number of nitrogens with zero attached hydrogens (tertiary/aromatic N) is 3. The molecule has 1 N–H and O–H groups in total. The fraction of sp³-hybridized carbons (Fsp3) is 0.143. The molecular weight excluding hydrogens is 440 g/mol. The van der Waals surface area contributed by atoms with Crippen LogP contribution < -0.4 is 10.9 Å². The number of carbonyl (C=O) groups is 1. The topological polar surface area (TPSA) is 76.4 Å². The van der Waals surface area contributed by atoms with E-state index in [0.29, 0.717) is 15.7 Å². The lowest BCUT2D eigenvalue weighted by molar-refractivity contribution is -0.118. The van der Waals surface area contributed by atoms with Crippen molar-refractivity contribution < 1.29 is 4.79 Å². The zero-order valence-electron chi connectivity index (χ0n) is 16.0. The fourth-order valence-electron chi connectivity index (χ4n) is 2.68. The molecule has 30 heavy (non-hydrogen) atoms. The summed E-state index contributed by atoms with van der Waals surface area (Å²) in [5.74, 6) is 0.127. The van der Waals surface area contributed by atoms with Crippen molar-refractivity contribution in [1.82, 2.24) is 19.9 Å². The van der Waals surface area contributed by atoms with Gasteiger partial charge in [0.25, 0.3) is 5.56 Å². The van der Waals surface area contributed by atoms with Crippen LogP contribution in [0, 0.1) is 6.92 Å². The van der Waals surface area contributed by atoms with Gasteiger partial charge in [-0.3, -0.25) is 9.59 Å². The molecule has 0 aliphatic heterocycles. The van der Waals surface area contributed by atoms with Gasteiger partial charge in [-0.05, 0) is 31.2 Å². The van der Waals surface area contributed by atoms with Crippen molar-refractivity contribution in [2.45, 2.75) is 18.4 Å². The minimum Gasteiger partial charge on any atom is -0.350 e. The van der Waals surface area contributed by atoms with Crippen LogP contribution in [0.4, 0.5) is 0 Å². The van der Waals surface area contributed by atoms with E-state index in [2.05, 4.69) is 15.4 Å². The number of amides is 1. The van der Waals surface area contributed by atoms with Crippen LogP contribution in [-0.2, 0) is 11.3 Å². The van der Waals surface area contributed by atoms with Gasteiger partial charge in [-0.25, -0.2) is 4.98 Å². The van der Waals surface area contributed by atoms with E-state index in [1.165, 1.54) is 33.7 Å². The Balaban J connectivity index is 1.42. The summed E-state index contributed by atoms with van der Waals surface area (Å²) in [7, 11) is 0. The lowest BCUT2D eigenvalue weighted by atomic mass is 10.2. The molecule has 0 aliphatic rings.